The van der Waals surface area contributed by atoms with E-state index in [-0.39, 0.29) is 18.4 Å². The van der Waals surface area contributed by atoms with Crippen molar-refractivity contribution in [3.05, 3.63) is 36.2 Å². The number of para-hydroxylation sites is 1. The molecule has 0 saturated heterocycles. The molecule has 0 saturated carbocycles. The van der Waals surface area contributed by atoms with Crippen molar-refractivity contribution < 1.29 is 0 Å². The summed E-state index contributed by atoms with van der Waals surface area (Å²) in [6.45, 7) is 1.85. The maximum atomic E-state index is 5.73. The van der Waals surface area contributed by atoms with Gasteiger partial charge in [0.15, 0.2) is 5.82 Å². The Morgan fingerprint density at radius 2 is 1.93 bits per heavy atom. The van der Waals surface area contributed by atoms with Crippen LogP contribution in [0.3, 0.4) is 0 Å². The quantitative estimate of drug-likeness (QED) is 0.831. The molecule has 2 aromatic rings. The molecule has 0 bridgehead atoms. The maximum absolute atomic E-state index is 5.73. The number of nitrogens with two attached hydrogens (primary N) is 1. The van der Waals surface area contributed by atoms with Crippen LogP contribution in [0.5, 0.6) is 0 Å². The summed E-state index contributed by atoms with van der Waals surface area (Å²) in [5, 5.41) is 11.4. The van der Waals surface area contributed by atoms with Gasteiger partial charge in [-0.25, -0.2) is 0 Å². The first-order valence-corrected chi connectivity index (χ1v) is 4.38. The average molecular weight is 226 g/mol. The van der Waals surface area contributed by atoms with Gasteiger partial charge in [0.05, 0.1) is 11.7 Å². The summed E-state index contributed by atoms with van der Waals surface area (Å²) in [7, 11) is 0. The summed E-state index contributed by atoms with van der Waals surface area (Å²) >= 11 is 0. The van der Waals surface area contributed by atoms with Gasteiger partial charge in [0.1, 0.15) is 0 Å². The van der Waals surface area contributed by atoms with E-state index < -0.39 is 0 Å². The normalized spacial score (nSPS) is 11.9. The molecule has 80 valence electrons. The van der Waals surface area contributed by atoms with Crippen molar-refractivity contribution in [2.24, 2.45) is 5.73 Å². The van der Waals surface area contributed by atoms with Gasteiger partial charge in [-0.05, 0) is 29.5 Å². The summed E-state index contributed by atoms with van der Waals surface area (Å²) in [6.07, 6.45) is 0. The van der Waals surface area contributed by atoms with Gasteiger partial charge in [0.2, 0.25) is 0 Å². The maximum Gasteiger partial charge on any atom is 0.173 e. The standard InChI is InChI=1S/C9H11N5.ClH/c1-7(10)9-11-12-13-14(9)8-5-3-2-4-6-8;/h2-7H,10H2,1H3;1H. The predicted molar refractivity (Wildman–Crippen MR) is 59.0 cm³/mol. The number of aromatic nitrogens is 4. The third kappa shape index (κ3) is 2.31. The number of halogens is 1. The molecule has 15 heavy (non-hydrogen) atoms. The highest BCUT2D eigenvalue weighted by atomic mass is 35.5. The molecule has 5 nitrogen and oxygen atoms in total. The van der Waals surface area contributed by atoms with Gasteiger partial charge < -0.3 is 5.73 Å². The second-order valence-electron chi connectivity index (χ2n) is 3.07. The first-order valence-electron chi connectivity index (χ1n) is 4.38. The van der Waals surface area contributed by atoms with Gasteiger partial charge in [-0.15, -0.1) is 17.5 Å². The second-order valence-corrected chi connectivity index (χ2v) is 3.07. The Bertz CT molecular complexity index is 411. The zero-order chi connectivity index (χ0) is 9.97. The van der Waals surface area contributed by atoms with Crippen molar-refractivity contribution >= 4 is 12.4 Å². The molecular weight excluding hydrogens is 214 g/mol. The van der Waals surface area contributed by atoms with Crippen LogP contribution in [-0.4, -0.2) is 20.2 Å². The first kappa shape index (κ1) is 11.6. The topological polar surface area (TPSA) is 69.6 Å². The van der Waals surface area contributed by atoms with E-state index in [1.54, 1.807) is 4.68 Å². The Kier molecular flexibility index (Phi) is 3.76. The number of tetrazole rings is 1. The lowest BCUT2D eigenvalue weighted by Gasteiger charge is -2.05. The van der Waals surface area contributed by atoms with Crippen molar-refractivity contribution in [2.75, 3.05) is 0 Å². The third-order valence-corrected chi connectivity index (χ3v) is 1.90. The Hall–Kier alpha value is -1.46. The average Bonchev–Trinajstić information content (AvgIpc) is 2.67. The molecule has 1 heterocycles. The molecular formula is C9H12ClN5. The predicted octanol–water partition coefficient (Wildman–Crippen LogP) is 1.10. The zero-order valence-corrected chi connectivity index (χ0v) is 9.06. The molecule has 2 N–H and O–H groups in total. The first-order chi connectivity index (χ1) is 6.79. The van der Waals surface area contributed by atoms with E-state index in [4.69, 9.17) is 5.73 Å². The minimum atomic E-state index is -0.176. The highest BCUT2D eigenvalue weighted by molar-refractivity contribution is 5.85. The van der Waals surface area contributed by atoms with E-state index in [1.165, 1.54) is 0 Å². The summed E-state index contributed by atoms with van der Waals surface area (Å²) in [5.41, 5.74) is 6.65. The fraction of sp³-hybridized carbons (Fsp3) is 0.222. The fourth-order valence-electron chi connectivity index (χ4n) is 1.23. The van der Waals surface area contributed by atoms with Crippen molar-refractivity contribution in [3.63, 3.8) is 0 Å². The van der Waals surface area contributed by atoms with Gasteiger partial charge >= 0.3 is 0 Å². The summed E-state index contributed by atoms with van der Waals surface area (Å²) in [4.78, 5) is 0. The minimum absolute atomic E-state index is 0. The molecule has 1 unspecified atom stereocenters. The number of nitrogens with zero attached hydrogens (tertiary/aromatic N) is 4. The monoisotopic (exact) mass is 225 g/mol. The summed E-state index contributed by atoms with van der Waals surface area (Å²) in [5.74, 6) is 0.663. The van der Waals surface area contributed by atoms with Crippen molar-refractivity contribution in [2.45, 2.75) is 13.0 Å². The van der Waals surface area contributed by atoms with Crippen LogP contribution in [0.4, 0.5) is 0 Å². The van der Waals surface area contributed by atoms with E-state index in [1.807, 2.05) is 37.3 Å². The van der Waals surface area contributed by atoms with Gasteiger partial charge in [0.25, 0.3) is 0 Å². The Morgan fingerprint density at radius 3 is 2.53 bits per heavy atom. The molecule has 1 atom stereocenters. The van der Waals surface area contributed by atoms with Crippen molar-refractivity contribution in [1.29, 1.82) is 0 Å². The van der Waals surface area contributed by atoms with E-state index in [0.29, 0.717) is 5.82 Å². The Balaban J connectivity index is 0.00000112. The fourth-order valence-corrected chi connectivity index (χ4v) is 1.23. The highest BCUT2D eigenvalue weighted by Gasteiger charge is 2.10. The van der Waals surface area contributed by atoms with Crippen LogP contribution < -0.4 is 5.73 Å². The number of benzene rings is 1. The Labute approximate surface area is 93.7 Å². The van der Waals surface area contributed by atoms with Crippen molar-refractivity contribution in [1.82, 2.24) is 20.2 Å². The molecule has 0 spiro atoms. The molecule has 0 aliphatic rings. The molecule has 2 rings (SSSR count). The smallest absolute Gasteiger partial charge is 0.173 e. The number of hydrogen-bond donors (Lipinski definition) is 1. The van der Waals surface area contributed by atoms with Gasteiger partial charge in [-0.2, -0.15) is 4.68 Å². The minimum Gasteiger partial charge on any atom is -0.321 e. The molecule has 0 aliphatic carbocycles. The van der Waals surface area contributed by atoms with E-state index in [9.17, 15) is 0 Å². The van der Waals surface area contributed by atoms with Crippen LogP contribution in [-0.2, 0) is 0 Å². The lowest BCUT2D eigenvalue weighted by molar-refractivity contribution is 0.688. The number of hydrogen-bond acceptors (Lipinski definition) is 4. The summed E-state index contributed by atoms with van der Waals surface area (Å²) in [6, 6.07) is 9.50. The molecule has 0 radical (unpaired) electrons. The SMILES string of the molecule is CC(N)c1nnnn1-c1ccccc1.Cl. The van der Waals surface area contributed by atoms with Gasteiger partial charge in [-0.3, -0.25) is 0 Å². The van der Waals surface area contributed by atoms with Gasteiger partial charge in [0, 0.05) is 0 Å². The Morgan fingerprint density at radius 1 is 1.27 bits per heavy atom. The van der Waals surface area contributed by atoms with Crippen LogP contribution >= 0.6 is 12.4 Å². The summed E-state index contributed by atoms with van der Waals surface area (Å²) < 4.78 is 1.64. The molecule has 0 fully saturated rings. The van der Waals surface area contributed by atoms with Crippen LogP contribution in [0.2, 0.25) is 0 Å². The lowest BCUT2D eigenvalue weighted by Crippen LogP contribution is -2.13. The van der Waals surface area contributed by atoms with Crippen LogP contribution in [0, 0.1) is 0 Å². The molecule has 1 aromatic heterocycles. The van der Waals surface area contributed by atoms with Crippen LogP contribution in [0.1, 0.15) is 18.8 Å². The van der Waals surface area contributed by atoms with Crippen LogP contribution in [0.25, 0.3) is 5.69 Å². The number of rotatable bonds is 2. The molecule has 0 aliphatic heterocycles. The van der Waals surface area contributed by atoms with E-state index >= 15 is 0 Å². The largest absolute Gasteiger partial charge is 0.321 e. The van der Waals surface area contributed by atoms with E-state index in [2.05, 4.69) is 15.5 Å². The highest BCUT2D eigenvalue weighted by Crippen LogP contribution is 2.10. The molecule has 6 heteroatoms. The van der Waals surface area contributed by atoms with Crippen LogP contribution in [0.15, 0.2) is 30.3 Å². The molecule has 1 aromatic carbocycles. The van der Waals surface area contributed by atoms with Crippen molar-refractivity contribution in [3.8, 4) is 5.69 Å². The van der Waals surface area contributed by atoms with Gasteiger partial charge in [-0.1, -0.05) is 18.2 Å². The zero-order valence-electron chi connectivity index (χ0n) is 8.24. The second kappa shape index (κ2) is 4.86. The lowest BCUT2D eigenvalue weighted by atomic mass is 10.3. The third-order valence-electron chi connectivity index (χ3n) is 1.90. The molecule has 0 amide bonds. The van der Waals surface area contributed by atoms with E-state index in [0.717, 1.165) is 5.69 Å².